The highest BCUT2D eigenvalue weighted by atomic mass is 32.2. The number of amidine groups is 1. The van der Waals surface area contributed by atoms with Gasteiger partial charge in [-0.3, -0.25) is 9.79 Å². The van der Waals surface area contributed by atoms with Crippen molar-refractivity contribution in [3.05, 3.63) is 65.0 Å². The van der Waals surface area contributed by atoms with Crippen LogP contribution in [-0.2, 0) is 0 Å². The number of Topliss-reactive ketones (excluding diaryl/α,β-unsaturated/α-hetero) is 1. The molecular weight excluding hydrogens is 335 g/mol. The van der Waals surface area contributed by atoms with Gasteiger partial charge in [-0.05, 0) is 55.7 Å². The van der Waals surface area contributed by atoms with Gasteiger partial charge in [-0.15, -0.1) is 0 Å². The van der Waals surface area contributed by atoms with Crippen LogP contribution in [0, 0.1) is 19.7 Å². The second-order valence-electron chi connectivity index (χ2n) is 6.10. The number of nitrogens with zero attached hydrogens (tertiary/aromatic N) is 2. The summed E-state index contributed by atoms with van der Waals surface area (Å²) in [7, 11) is 0. The van der Waals surface area contributed by atoms with Crippen LogP contribution in [0.25, 0.3) is 0 Å². The third-order valence-electron chi connectivity index (χ3n) is 4.36. The topological polar surface area (TPSA) is 32.7 Å². The van der Waals surface area contributed by atoms with Gasteiger partial charge < -0.3 is 4.90 Å². The lowest BCUT2D eigenvalue weighted by molar-refractivity contribution is 0.100. The summed E-state index contributed by atoms with van der Waals surface area (Å²) < 4.78 is 13.3. The Hall–Kier alpha value is -2.14. The molecule has 0 unspecified atom stereocenters. The first-order valence-electron chi connectivity index (χ1n) is 8.36. The van der Waals surface area contributed by atoms with Crippen LogP contribution in [0.2, 0.25) is 0 Å². The molecular formula is C20H21FN2OS. The number of hydrogen-bond donors (Lipinski definition) is 0. The van der Waals surface area contributed by atoms with Crippen LogP contribution in [0.4, 0.5) is 10.1 Å². The Balaban J connectivity index is 1.91. The van der Waals surface area contributed by atoms with Gasteiger partial charge in [-0.2, -0.15) is 0 Å². The van der Waals surface area contributed by atoms with Crippen molar-refractivity contribution in [2.24, 2.45) is 4.99 Å². The second kappa shape index (κ2) is 7.83. The first-order valence-corrected chi connectivity index (χ1v) is 9.34. The van der Waals surface area contributed by atoms with Crippen LogP contribution in [-0.4, -0.2) is 29.8 Å². The lowest BCUT2D eigenvalue weighted by Gasteiger charge is -2.27. The smallest absolute Gasteiger partial charge is 0.182 e. The average Bonchev–Trinajstić information content (AvgIpc) is 2.63. The minimum atomic E-state index is -0.289. The first kappa shape index (κ1) is 17.7. The molecule has 0 spiro atoms. The second-order valence-corrected chi connectivity index (χ2v) is 7.16. The van der Waals surface area contributed by atoms with Crippen molar-refractivity contribution in [2.75, 3.05) is 23.7 Å². The molecule has 25 heavy (non-hydrogen) atoms. The number of rotatable bonds is 4. The normalized spacial score (nSPS) is 14.1. The maximum Gasteiger partial charge on any atom is 0.182 e. The fraction of sp³-hybridized carbons (Fsp3) is 0.300. The van der Waals surface area contributed by atoms with Crippen LogP contribution in [0.3, 0.4) is 0 Å². The maximum absolute atomic E-state index is 13.3. The molecule has 0 atom stereocenters. The standard InChI is InChI=1S/C20H21FN2OS/c1-14-5-3-6-18(15(14)2)19(24)13-23(20-22-11-4-12-25-20)17-9-7-16(21)8-10-17/h3,5-10H,4,11-13H2,1-2H3. The molecule has 5 heteroatoms. The van der Waals surface area contributed by atoms with Gasteiger partial charge in [0.15, 0.2) is 11.0 Å². The zero-order valence-corrected chi connectivity index (χ0v) is 15.3. The number of ketones is 1. The minimum Gasteiger partial charge on any atom is -0.313 e. The third kappa shape index (κ3) is 4.10. The van der Waals surface area contributed by atoms with Crippen molar-refractivity contribution in [3.8, 4) is 0 Å². The Morgan fingerprint density at radius 3 is 2.64 bits per heavy atom. The molecule has 1 aliphatic rings. The lowest BCUT2D eigenvalue weighted by Crippen LogP contribution is -2.35. The van der Waals surface area contributed by atoms with Crippen molar-refractivity contribution in [2.45, 2.75) is 20.3 Å². The molecule has 3 nitrogen and oxygen atoms in total. The number of carbonyl (C=O) groups is 1. The molecule has 0 bridgehead atoms. The summed E-state index contributed by atoms with van der Waals surface area (Å²) in [6, 6.07) is 12.0. The number of carbonyl (C=O) groups excluding carboxylic acids is 1. The number of thioether (sulfide) groups is 1. The lowest BCUT2D eigenvalue weighted by atomic mass is 10.00. The Kier molecular flexibility index (Phi) is 5.53. The molecule has 0 N–H and O–H groups in total. The van der Waals surface area contributed by atoms with Crippen molar-refractivity contribution in [3.63, 3.8) is 0 Å². The zero-order chi connectivity index (χ0) is 17.8. The molecule has 1 heterocycles. The summed E-state index contributed by atoms with van der Waals surface area (Å²) >= 11 is 1.64. The molecule has 1 aliphatic heterocycles. The number of aliphatic imine (C=N–C) groups is 1. The van der Waals surface area contributed by atoms with E-state index in [4.69, 9.17) is 0 Å². The van der Waals surface area contributed by atoms with Crippen molar-refractivity contribution in [1.82, 2.24) is 0 Å². The molecule has 0 aromatic heterocycles. The molecule has 130 valence electrons. The molecule has 2 aromatic carbocycles. The fourth-order valence-corrected chi connectivity index (χ4v) is 3.75. The summed E-state index contributed by atoms with van der Waals surface area (Å²) in [5.74, 6) is 0.732. The first-order chi connectivity index (χ1) is 12.1. The fourth-order valence-electron chi connectivity index (χ4n) is 2.78. The SMILES string of the molecule is Cc1cccc(C(=O)CN(C2=NCCCS2)c2ccc(F)cc2)c1C. The predicted octanol–water partition coefficient (Wildman–Crippen LogP) is 4.62. The molecule has 0 saturated carbocycles. The van der Waals surface area contributed by atoms with E-state index in [0.717, 1.165) is 46.3 Å². The highest BCUT2D eigenvalue weighted by Crippen LogP contribution is 2.24. The van der Waals surface area contributed by atoms with Gasteiger partial charge in [0.1, 0.15) is 5.82 Å². The van der Waals surface area contributed by atoms with Gasteiger partial charge in [0, 0.05) is 23.5 Å². The molecule has 0 aliphatic carbocycles. The van der Waals surface area contributed by atoms with Crippen LogP contribution in [0.15, 0.2) is 47.5 Å². The molecule has 2 aromatic rings. The largest absolute Gasteiger partial charge is 0.313 e. The Morgan fingerprint density at radius 1 is 1.20 bits per heavy atom. The maximum atomic E-state index is 13.3. The van der Waals surface area contributed by atoms with Crippen molar-refractivity contribution < 1.29 is 9.18 Å². The Bertz CT molecular complexity index is 802. The van der Waals surface area contributed by atoms with Crippen molar-refractivity contribution in [1.29, 1.82) is 0 Å². The van der Waals surface area contributed by atoms with Crippen LogP contribution in [0.1, 0.15) is 27.9 Å². The van der Waals surface area contributed by atoms with Gasteiger partial charge in [-0.25, -0.2) is 4.39 Å². The highest BCUT2D eigenvalue weighted by molar-refractivity contribution is 8.14. The predicted molar refractivity (Wildman–Crippen MR) is 103 cm³/mol. The quantitative estimate of drug-likeness (QED) is 0.749. The van der Waals surface area contributed by atoms with Crippen LogP contribution in [0.5, 0.6) is 0 Å². The number of anilines is 1. The number of aryl methyl sites for hydroxylation is 1. The summed E-state index contributed by atoms with van der Waals surface area (Å²) in [6.45, 7) is 4.93. The zero-order valence-electron chi connectivity index (χ0n) is 14.5. The minimum absolute atomic E-state index is 0.0411. The van der Waals surface area contributed by atoms with E-state index in [1.165, 1.54) is 12.1 Å². The number of hydrogen-bond acceptors (Lipinski definition) is 4. The van der Waals surface area contributed by atoms with Gasteiger partial charge in [0.25, 0.3) is 0 Å². The molecule has 0 amide bonds. The average molecular weight is 356 g/mol. The molecule has 0 saturated heterocycles. The van der Waals surface area contributed by atoms with E-state index in [1.54, 1.807) is 23.9 Å². The van der Waals surface area contributed by atoms with Crippen molar-refractivity contribution >= 4 is 28.4 Å². The van der Waals surface area contributed by atoms with Gasteiger partial charge >= 0.3 is 0 Å². The number of halogens is 1. The Morgan fingerprint density at radius 2 is 1.96 bits per heavy atom. The summed E-state index contributed by atoms with van der Waals surface area (Å²) in [5.41, 5.74) is 3.62. The van der Waals surface area contributed by atoms with Crippen LogP contribution < -0.4 is 4.90 Å². The van der Waals surface area contributed by atoms with E-state index in [0.29, 0.717) is 0 Å². The van der Waals surface area contributed by atoms with E-state index in [2.05, 4.69) is 4.99 Å². The summed E-state index contributed by atoms with van der Waals surface area (Å²) in [5, 5.41) is 0.830. The van der Waals surface area contributed by atoms with E-state index in [9.17, 15) is 9.18 Å². The molecule has 3 rings (SSSR count). The highest BCUT2D eigenvalue weighted by Gasteiger charge is 2.21. The van der Waals surface area contributed by atoms with E-state index >= 15 is 0 Å². The summed E-state index contributed by atoms with van der Waals surface area (Å²) in [6.07, 6.45) is 1.04. The van der Waals surface area contributed by atoms with Gasteiger partial charge in [0.05, 0.1) is 6.54 Å². The van der Waals surface area contributed by atoms with E-state index < -0.39 is 0 Å². The third-order valence-corrected chi connectivity index (χ3v) is 5.46. The molecule has 0 radical (unpaired) electrons. The Labute approximate surface area is 152 Å². The van der Waals surface area contributed by atoms with Gasteiger partial charge in [0.2, 0.25) is 0 Å². The van der Waals surface area contributed by atoms with Crippen LogP contribution >= 0.6 is 11.8 Å². The van der Waals surface area contributed by atoms with E-state index in [-0.39, 0.29) is 18.1 Å². The summed E-state index contributed by atoms with van der Waals surface area (Å²) in [4.78, 5) is 19.4. The van der Waals surface area contributed by atoms with Gasteiger partial charge in [-0.1, -0.05) is 30.0 Å². The van der Waals surface area contributed by atoms with E-state index in [1.807, 2.05) is 36.9 Å². The monoisotopic (exact) mass is 356 g/mol. The number of benzene rings is 2. The molecule has 0 fully saturated rings.